The first-order valence-corrected chi connectivity index (χ1v) is 7.30. The lowest BCUT2D eigenvalue weighted by molar-refractivity contribution is -0.118. The molecule has 0 amide bonds. The van der Waals surface area contributed by atoms with Crippen LogP contribution < -0.4 is 5.73 Å². The highest BCUT2D eigenvalue weighted by Crippen LogP contribution is 2.21. The van der Waals surface area contributed by atoms with Crippen LogP contribution in [-0.2, 0) is 24.7 Å². The van der Waals surface area contributed by atoms with Crippen molar-refractivity contribution >= 4 is 27.4 Å². The molecule has 106 valence electrons. The Morgan fingerprint density at radius 3 is 2.55 bits per heavy atom. The molecule has 2 rings (SSSR count). The van der Waals surface area contributed by atoms with Gasteiger partial charge < -0.3 is 5.73 Å². The third kappa shape index (κ3) is 3.48. The molecule has 1 aromatic carbocycles. The summed E-state index contributed by atoms with van der Waals surface area (Å²) in [7, 11) is 1.86. The van der Waals surface area contributed by atoms with Crippen molar-refractivity contribution in [2.75, 3.05) is 5.73 Å². The zero-order valence-corrected chi connectivity index (χ0v) is 13.3. The Bertz CT molecular complexity index is 617. The van der Waals surface area contributed by atoms with E-state index in [0.29, 0.717) is 12.8 Å². The van der Waals surface area contributed by atoms with E-state index in [4.69, 9.17) is 5.73 Å². The molecule has 0 bridgehead atoms. The minimum Gasteiger partial charge on any atom is -0.399 e. The first kappa shape index (κ1) is 14.8. The van der Waals surface area contributed by atoms with Gasteiger partial charge in [-0.25, -0.2) is 0 Å². The molecule has 0 aliphatic heterocycles. The molecule has 0 aliphatic rings. The van der Waals surface area contributed by atoms with Gasteiger partial charge in [-0.3, -0.25) is 9.48 Å². The molecule has 1 aromatic heterocycles. The number of aromatic nitrogens is 2. The van der Waals surface area contributed by atoms with E-state index in [1.54, 1.807) is 4.68 Å². The molecule has 0 unspecified atom stereocenters. The number of nitrogens with two attached hydrogens (primary N) is 1. The third-order valence-corrected chi connectivity index (χ3v) is 4.33. The predicted octanol–water partition coefficient (Wildman–Crippen LogP) is 2.82. The molecule has 1 heterocycles. The molecule has 0 spiro atoms. The van der Waals surface area contributed by atoms with Crippen molar-refractivity contribution in [1.29, 1.82) is 0 Å². The van der Waals surface area contributed by atoms with Gasteiger partial charge in [0.05, 0.1) is 15.9 Å². The van der Waals surface area contributed by atoms with Crippen LogP contribution in [0.4, 0.5) is 5.69 Å². The number of aryl methyl sites for hydroxylation is 3. The first-order valence-electron chi connectivity index (χ1n) is 6.51. The normalized spacial score (nSPS) is 10.8. The minimum atomic E-state index is 0.213. The molecule has 0 saturated heterocycles. The van der Waals surface area contributed by atoms with Crippen LogP contribution in [-0.4, -0.2) is 15.6 Å². The summed E-state index contributed by atoms with van der Waals surface area (Å²) >= 11 is 3.48. The minimum absolute atomic E-state index is 0.213. The van der Waals surface area contributed by atoms with Crippen LogP contribution in [0.5, 0.6) is 0 Å². The standard InChI is InChI=1S/C15H18BrN3O/c1-10-15(16)14(19(2)18-10)9-13(20)8-5-11-3-6-12(17)7-4-11/h3-4,6-7H,5,8-9,17H2,1-2H3. The molecule has 2 aromatic rings. The van der Waals surface area contributed by atoms with Gasteiger partial charge in [0, 0.05) is 25.6 Å². The number of benzene rings is 1. The SMILES string of the molecule is Cc1nn(C)c(CC(=O)CCc2ccc(N)cc2)c1Br. The lowest BCUT2D eigenvalue weighted by atomic mass is 10.0. The topological polar surface area (TPSA) is 60.9 Å². The van der Waals surface area contributed by atoms with Gasteiger partial charge in [0.2, 0.25) is 0 Å². The Morgan fingerprint density at radius 2 is 2.00 bits per heavy atom. The van der Waals surface area contributed by atoms with E-state index in [1.807, 2.05) is 38.2 Å². The van der Waals surface area contributed by atoms with E-state index in [9.17, 15) is 4.79 Å². The van der Waals surface area contributed by atoms with Crippen molar-refractivity contribution in [3.63, 3.8) is 0 Å². The van der Waals surface area contributed by atoms with Gasteiger partial charge in [-0.2, -0.15) is 5.10 Å². The molecule has 0 saturated carbocycles. The second-order valence-corrected chi connectivity index (χ2v) is 5.72. The van der Waals surface area contributed by atoms with Gasteiger partial charge in [-0.1, -0.05) is 12.1 Å². The van der Waals surface area contributed by atoms with Crippen molar-refractivity contribution in [2.24, 2.45) is 7.05 Å². The molecule has 20 heavy (non-hydrogen) atoms. The maximum atomic E-state index is 12.1. The molecular weight excluding hydrogens is 318 g/mol. The maximum absolute atomic E-state index is 12.1. The largest absolute Gasteiger partial charge is 0.399 e. The van der Waals surface area contributed by atoms with Crippen molar-refractivity contribution in [2.45, 2.75) is 26.2 Å². The summed E-state index contributed by atoms with van der Waals surface area (Å²) in [6, 6.07) is 7.65. The first-order chi connectivity index (χ1) is 9.47. The number of nitrogens with zero attached hydrogens (tertiary/aromatic N) is 2. The molecule has 0 fully saturated rings. The van der Waals surface area contributed by atoms with Crippen LogP contribution in [0.3, 0.4) is 0 Å². The van der Waals surface area contributed by atoms with Crippen LogP contribution in [0.25, 0.3) is 0 Å². The fraction of sp³-hybridized carbons (Fsp3) is 0.333. The van der Waals surface area contributed by atoms with Gasteiger partial charge in [-0.05, 0) is 47.0 Å². The highest BCUT2D eigenvalue weighted by molar-refractivity contribution is 9.10. The van der Waals surface area contributed by atoms with Crippen LogP contribution in [0, 0.1) is 6.92 Å². The quantitative estimate of drug-likeness (QED) is 0.854. The number of nitrogen functional groups attached to an aromatic ring is 1. The Morgan fingerprint density at radius 1 is 1.35 bits per heavy atom. The van der Waals surface area contributed by atoms with Crippen molar-refractivity contribution in [3.8, 4) is 0 Å². The van der Waals surface area contributed by atoms with Gasteiger partial charge >= 0.3 is 0 Å². The second-order valence-electron chi connectivity index (χ2n) is 4.93. The van der Waals surface area contributed by atoms with Crippen LogP contribution >= 0.6 is 15.9 Å². The fourth-order valence-corrected chi connectivity index (χ4v) is 2.59. The number of hydrogen-bond acceptors (Lipinski definition) is 3. The zero-order valence-electron chi connectivity index (χ0n) is 11.7. The number of carbonyl (C=O) groups excluding carboxylic acids is 1. The summed E-state index contributed by atoms with van der Waals surface area (Å²) in [5, 5.41) is 4.30. The van der Waals surface area contributed by atoms with Crippen molar-refractivity contribution in [3.05, 3.63) is 45.7 Å². The van der Waals surface area contributed by atoms with Gasteiger partial charge in [0.15, 0.2) is 0 Å². The summed E-state index contributed by atoms with van der Waals surface area (Å²) in [6.45, 7) is 1.92. The van der Waals surface area contributed by atoms with E-state index >= 15 is 0 Å². The number of rotatable bonds is 5. The summed E-state index contributed by atoms with van der Waals surface area (Å²) in [5.74, 6) is 0.213. The number of Topliss-reactive ketones (excluding diaryl/α,β-unsaturated/α-hetero) is 1. The molecule has 0 atom stereocenters. The van der Waals surface area contributed by atoms with Gasteiger partial charge in [0.25, 0.3) is 0 Å². The number of ketones is 1. The van der Waals surface area contributed by atoms with Crippen molar-refractivity contribution in [1.82, 2.24) is 9.78 Å². The molecule has 2 N–H and O–H groups in total. The van der Waals surface area contributed by atoms with E-state index in [1.165, 1.54) is 0 Å². The van der Waals surface area contributed by atoms with Gasteiger partial charge in [-0.15, -0.1) is 0 Å². The Kier molecular flexibility index (Phi) is 4.60. The number of halogens is 1. The average molecular weight is 336 g/mol. The highest BCUT2D eigenvalue weighted by Gasteiger charge is 2.14. The second kappa shape index (κ2) is 6.22. The molecule has 5 heteroatoms. The molecule has 0 aliphatic carbocycles. The zero-order chi connectivity index (χ0) is 14.7. The average Bonchev–Trinajstić information content (AvgIpc) is 2.65. The van der Waals surface area contributed by atoms with E-state index < -0.39 is 0 Å². The lowest BCUT2D eigenvalue weighted by Gasteiger charge is -2.04. The Labute approximate surface area is 127 Å². The Hall–Kier alpha value is -1.62. The summed E-state index contributed by atoms with van der Waals surface area (Å²) in [5.41, 5.74) is 9.36. The van der Waals surface area contributed by atoms with Gasteiger partial charge in [0.1, 0.15) is 5.78 Å². The van der Waals surface area contributed by atoms with Crippen LogP contribution in [0.1, 0.15) is 23.4 Å². The predicted molar refractivity (Wildman–Crippen MR) is 83.5 cm³/mol. The number of anilines is 1. The summed E-state index contributed by atoms with van der Waals surface area (Å²) < 4.78 is 2.70. The Balaban J connectivity index is 1.94. The van der Waals surface area contributed by atoms with Crippen molar-refractivity contribution < 1.29 is 4.79 Å². The molecule has 4 nitrogen and oxygen atoms in total. The fourth-order valence-electron chi connectivity index (χ4n) is 2.12. The molecular formula is C15H18BrN3O. The van der Waals surface area contributed by atoms with Crippen LogP contribution in [0.2, 0.25) is 0 Å². The number of hydrogen-bond donors (Lipinski definition) is 1. The van der Waals surface area contributed by atoms with Crippen LogP contribution in [0.15, 0.2) is 28.7 Å². The maximum Gasteiger partial charge on any atom is 0.139 e. The third-order valence-electron chi connectivity index (χ3n) is 3.30. The molecule has 0 radical (unpaired) electrons. The highest BCUT2D eigenvalue weighted by atomic mass is 79.9. The smallest absolute Gasteiger partial charge is 0.139 e. The van der Waals surface area contributed by atoms with E-state index in [-0.39, 0.29) is 5.78 Å². The summed E-state index contributed by atoms with van der Waals surface area (Å²) in [4.78, 5) is 12.1. The number of carbonyl (C=O) groups is 1. The summed E-state index contributed by atoms with van der Waals surface area (Å²) in [6.07, 6.45) is 1.68. The van der Waals surface area contributed by atoms with E-state index in [0.717, 1.165) is 33.5 Å². The van der Waals surface area contributed by atoms with E-state index in [2.05, 4.69) is 21.0 Å². The lowest BCUT2D eigenvalue weighted by Crippen LogP contribution is -2.09. The monoisotopic (exact) mass is 335 g/mol.